The van der Waals surface area contributed by atoms with E-state index in [2.05, 4.69) is 10.3 Å². The third-order valence-electron chi connectivity index (χ3n) is 3.93. The smallest absolute Gasteiger partial charge is 0.266 e. The third kappa shape index (κ3) is 4.36. The van der Waals surface area contributed by atoms with Gasteiger partial charge in [-0.25, -0.2) is 4.98 Å². The van der Waals surface area contributed by atoms with Crippen molar-refractivity contribution in [1.82, 2.24) is 14.9 Å². The van der Waals surface area contributed by atoms with Crippen LogP contribution < -0.4 is 15.6 Å². The molecule has 0 aliphatic carbocycles. The van der Waals surface area contributed by atoms with Gasteiger partial charge >= 0.3 is 0 Å². The third-order valence-corrected chi connectivity index (χ3v) is 4.87. The SMILES string of the molecule is CCOc1ccccc1-n1c(SCC(=O)NC(C)C)nc2ccccc2c1=O. The first-order valence-electron chi connectivity index (χ1n) is 9.17. The second kappa shape index (κ2) is 8.93. The Morgan fingerprint density at radius 1 is 1.18 bits per heavy atom. The van der Waals surface area contributed by atoms with Gasteiger partial charge in [0.2, 0.25) is 5.91 Å². The van der Waals surface area contributed by atoms with Crippen molar-refractivity contribution in [2.24, 2.45) is 0 Å². The summed E-state index contributed by atoms with van der Waals surface area (Å²) in [4.78, 5) is 30.1. The lowest BCUT2D eigenvalue weighted by Gasteiger charge is -2.16. The molecule has 7 heteroatoms. The summed E-state index contributed by atoms with van der Waals surface area (Å²) in [5.74, 6) is 0.657. The molecule has 0 fully saturated rings. The molecule has 3 aromatic rings. The highest BCUT2D eigenvalue weighted by atomic mass is 32.2. The van der Waals surface area contributed by atoms with Gasteiger partial charge < -0.3 is 10.1 Å². The Hall–Kier alpha value is -2.80. The number of fused-ring (bicyclic) bond motifs is 1. The number of thioether (sulfide) groups is 1. The van der Waals surface area contributed by atoms with Gasteiger partial charge in [-0.2, -0.15) is 0 Å². The summed E-state index contributed by atoms with van der Waals surface area (Å²) in [6, 6.07) is 14.6. The number of carbonyl (C=O) groups is 1. The van der Waals surface area contributed by atoms with Gasteiger partial charge in [0, 0.05) is 6.04 Å². The standard InChI is InChI=1S/C21H23N3O3S/c1-4-27-18-12-8-7-11-17(18)24-20(26)15-9-5-6-10-16(15)23-21(24)28-13-19(25)22-14(2)3/h5-12,14H,4,13H2,1-3H3,(H,22,25). The largest absolute Gasteiger partial charge is 0.492 e. The summed E-state index contributed by atoms with van der Waals surface area (Å²) in [6.45, 7) is 6.19. The number of para-hydroxylation sites is 3. The van der Waals surface area contributed by atoms with Gasteiger partial charge in [-0.15, -0.1) is 0 Å². The van der Waals surface area contributed by atoms with Crippen LogP contribution in [-0.4, -0.2) is 33.9 Å². The highest BCUT2D eigenvalue weighted by molar-refractivity contribution is 7.99. The average Bonchev–Trinajstić information content (AvgIpc) is 2.67. The number of rotatable bonds is 7. The topological polar surface area (TPSA) is 73.2 Å². The van der Waals surface area contributed by atoms with E-state index in [1.165, 1.54) is 16.3 Å². The van der Waals surface area contributed by atoms with E-state index in [4.69, 9.17) is 4.74 Å². The first-order chi connectivity index (χ1) is 13.5. The van der Waals surface area contributed by atoms with Crippen LogP contribution in [0.25, 0.3) is 16.6 Å². The van der Waals surface area contributed by atoms with Gasteiger partial charge in [0.1, 0.15) is 5.75 Å². The maximum absolute atomic E-state index is 13.3. The average molecular weight is 398 g/mol. The molecule has 1 heterocycles. The summed E-state index contributed by atoms with van der Waals surface area (Å²) in [6.07, 6.45) is 0. The molecule has 1 aromatic heterocycles. The number of ether oxygens (including phenoxy) is 1. The number of aromatic nitrogens is 2. The van der Waals surface area contributed by atoms with E-state index < -0.39 is 0 Å². The van der Waals surface area contributed by atoms with E-state index in [-0.39, 0.29) is 23.3 Å². The first kappa shape index (κ1) is 19.9. The zero-order valence-electron chi connectivity index (χ0n) is 16.1. The number of carbonyl (C=O) groups excluding carboxylic acids is 1. The molecular formula is C21H23N3O3S. The lowest BCUT2D eigenvalue weighted by Crippen LogP contribution is -2.32. The molecule has 0 unspecified atom stereocenters. The number of nitrogens with one attached hydrogen (secondary N) is 1. The lowest BCUT2D eigenvalue weighted by molar-refractivity contribution is -0.119. The Labute approximate surface area is 167 Å². The summed E-state index contributed by atoms with van der Waals surface area (Å²) < 4.78 is 7.24. The summed E-state index contributed by atoms with van der Waals surface area (Å²) in [7, 11) is 0. The molecule has 1 N–H and O–H groups in total. The summed E-state index contributed by atoms with van der Waals surface area (Å²) >= 11 is 1.23. The molecule has 0 spiro atoms. The molecule has 0 saturated heterocycles. The van der Waals surface area contributed by atoms with Crippen molar-refractivity contribution in [2.75, 3.05) is 12.4 Å². The van der Waals surface area contributed by atoms with E-state index in [1.807, 2.05) is 57.2 Å². The summed E-state index contributed by atoms with van der Waals surface area (Å²) in [5.41, 5.74) is 1.02. The van der Waals surface area contributed by atoms with Gasteiger partial charge in [0.15, 0.2) is 5.16 Å². The number of hydrogen-bond donors (Lipinski definition) is 1. The molecule has 3 rings (SSSR count). The predicted octanol–water partition coefficient (Wildman–Crippen LogP) is 3.40. The molecule has 0 bridgehead atoms. The minimum absolute atomic E-state index is 0.0542. The minimum atomic E-state index is -0.190. The van der Waals surface area contributed by atoms with Gasteiger partial charge in [-0.05, 0) is 45.0 Å². The van der Waals surface area contributed by atoms with Crippen LogP contribution in [0.1, 0.15) is 20.8 Å². The zero-order valence-corrected chi connectivity index (χ0v) is 17.0. The normalized spacial score (nSPS) is 11.0. The Morgan fingerprint density at radius 2 is 1.89 bits per heavy atom. The van der Waals surface area contributed by atoms with Gasteiger partial charge in [0.25, 0.3) is 5.56 Å². The number of amides is 1. The van der Waals surface area contributed by atoms with Crippen LogP contribution in [0.15, 0.2) is 58.5 Å². The molecule has 0 aliphatic heterocycles. The van der Waals surface area contributed by atoms with Crippen molar-refractivity contribution in [2.45, 2.75) is 32.0 Å². The second-order valence-electron chi connectivity index (χ2n) is 6.46. The first-order valence-corrected chi connectivity index (χ1v) is 10.2. The van der Waals surface area contributed by atoms with Crippen molar-refractivity contribution in [3.63, 3.8) is 0 Å². The van der Waals surface area contributed by atoms with E-state index in [0.29, 0.717) is 34.1 Å². The zero-order chi connectivity index (χ0) is 20.1. The van der Waals surface area contributed by atoms with Crippen LogP contribution >= 0.6 is 11.8 Å². The van der Waals surface area contributed by atoms with Crippen LogP contribution in [0.2, 0.25) is 0 Å². The molecule has 146 valence electrons. The van der Waals surface area contributed by atoms with Crippen molar-refractivity contribution in [1.29, 1.82) is 0 Å². The molecule has 0 atom stereocenters. The Balaban J connectivity index is 2.13. The van der Waals surface area contributed by atoms with Crippen LogP contribution in [0, 0.1) is 0 Å². The van der Waals surface area contributed by atoms with E-state index in [1.54, 1.807) is 12.1 Å². The highest BCUT2D eigenvalue weighted by Crippen LogP contribution is 2.27. The fourth-order valence-corrected chi connectivity index (χ4v) is 3.65. The Kier molecular flexibility index (Phi) is 6.36. The predicted molar refractivity (Wildman–Crippen MR) is 113 cm³/mol. The maximum atomic E-state index is 13.3. The van der Waals surface area contributed by atoms with Crippen molar-refractivity contribution >= 4 is 28.6 Å². The number of benzene rings is 2. The van der Waals surface area contributed by atoms with Crippen molar-refractivity contribution in [3.8, 4) is 11.4 Å². The fraction of sp³-hybridized carbons (Fsp3) is 0.286. The quantitative estimate of drug-likeness (QED) is 0.489. The van der Waals surface area contributed by atoms with Crippen LogP contribution in [0.3, 0.4) is 0 Å². The molecule has 28 heavy (non-hydrogen) atoms. The van der Waals surface area contributed by atoms with Crippen LogP contribution in [0.5, 0.6) is 5.75 Å². The van der Waals surface area contributed by atoms with E-state index in [9.17, 15) is 9.59 Å². The Bertz CT molecular complexity index is 1050. The molecule has 0 saturated carbocycles. The van der Waals surface area contributed by atoms with Gasteiger partial charge in [0.05, 0.1) is 29.0 Å². The molecule has 0 radical (unpaired) electrons. The van der Waals surface area contributed by atoms with Gasteiger partial charge in [-0.3, -0.25) is 14.2 Å². The van der Waals surface area contributed by atoms with E-state index in [0.717, 1.165) is 0 Å². The molecule has 0 aliphatic rings. The lowest BCUT2D eigenvalue weighted by atomic mass is 10.2. The van der Waals surface area contributed by atoms with Crippen molar-refractivity contribution < 1.29 is 9.53 Å². The van der Waals surface area contributed by atoms with Crippen LogP contribution in [0.4, 0.5) is 0 Å². The summed E-state index contributed by atoms with van der Waals surface area (Å²) in [5, 5.41) is 3.83. The fourth-order valence-electron chi connectivity index (χ4n) is 2.83. The molecular weight excluding hydrogens is 374 g/mol. The Morgan fingerprint density at radius 3 is 2.64 bits per heavy atom. The van der Waals surface area contributed by atoms with E-state index >= 15 is 0 Å². The van der Waals surface area contributed by atoms with Gasteiger partial charge in [-0.1, -0.05) is 36.0 Å². The molecule has 1 amide bonds. The van der Waals surface area contributed by atoms with Crippen LogP contribution in [-0.2, 0) is 4.79 Å². The maximum Gasteiger partial charge on any atom is 0.266 e. The monoisotopic (exact) mass is 397 g/mol. The number of nitrogens with zero attached hydrogens (tertiary/aromatic N) is 2. The highest BCUT2D eigenvalue weighted by Gasteiger charge is 2.17. The minimum Gasteiger partial charge on any atom is -0.492 e. The second-order valence-corrected chi connectivity index (χ2v) is 7.41. The van der Waals surface area contributed by atoms with Crippen molar-refractivity contribution in [3.05, 3.63) is 58.9 Å². The molecule has 2 aromatic carbocycles. The number of hydrogen-bond acceptors (Lipinski definition) is 5. The molecule has 6 nitrogen and oxygen atoms in total.